The Morgan fingerprint density at radius 3 is 1.97 bits per heavy atom. The van der Waals surface area contributed by atoms with Gasteiger partial charge in [0.25, 0.3) is 0 Å². The van der Waals surface area contributed by atoms with Crippen molar-refractivity contribution in [1.82, 2.24) is 14.5 Å². The van der Waals surface area contributed by atoms with Gasteiger partial charge in [0, 0.05) is 27.5 Å². The number of hydrogen-bond donors (Lipinski definition) is 1. The standard InChI is InChI=1S/C54H45N3O2/c1-53(2,3)38-23-24-46(42(30-38)33-15-8-7-9-16-33)57-47-21-14-20-40(51(47)56-52(57)41-19-12-13-22-48(41)58)36-25-37(27-39(26-36)54(4,5)6)45-31-44-43-28-34-17-10-11-18-35(34)29-49(43)59-50(44)32-55-45/h7-32,58H,1-6H3. The number of fused-ring (bicyclic) bond motifs is 5. The third kappa shape index (κ3) is 6.34. The van der Waals surface area contributed by atoms with E-state index in [1.165, 1.54) is 16.5 Å². The molecule has 0 fully saturated rings. The SMILES string of the molecule is CC(C)(C)c1cc(-c2cc3c(cn2)oc2cc4ccccc4cc23)cc(-c2cccc3c2nc(-c2ccccc2O)n3-c2ccc(C(C)(C)C)cc2-c2ccccc2)c1. The maximum atomic E-state index is 11.4. The first-order valence-electron chi connectivity index (χ1n) is 20.3. The van der Waals surface area contributed by atoms with Gasteiger partial charge in [0.15, 0.2) is 5.58 Å². The van der Waals surface area contributed by atoms with E-state index in [0.29, 0.717) is 11.4 Å². The minimum Gasteiger partial charge on any atom is -0.507 e. The Morgan fingerprint density at radius 1 is 0.525 bits per heavy atom. The fraction of sp³-hybridized carbons (Fsp3) is 0.148. The first-order valence-corrected chi connectivity index (χ1v) is 20.3. The Bertz CT molecular complexity index is 3250. The molecule has 10 rings (SSSR count). The topological polar surface area (TPSA) is 64.1 Å². The van der Waals surface area contributed by atoms with Crippen LogP contribution in [-0.2, 0) is 10.8 Å². The Kier molecular flexibility index (Phi) is 8.36. The van der Waals surface area contributed by atoms with Crippen LogP contribution >= 0.6 is 0 Å². The maximum absolute atomic E-state index is 11.4. The second-order valence-corrected chi connectivity index (χ2v) is 17.7. The molecule has 0 aliphatic rings. The van der Waals surface area contributed by atoms with Crippen molar-refractivity contribution in [3.05, 3.63) is 169 Å². The summed E-state index contributed by atoms with van der Waals surface area (Å²) in [5.74, 6) is 0.848. The lowest BCUT2D eigenvalue weighted by Gasteiger charge is -2.23. The zero-order chi connectivity index (χ0) is 40.6. The molecule has 0 radical (unpaired) electrons. The van der Waals surface area contributed by atoms with Crippen molar-refractivity contribution < 1.29 is 9.52 Å². The summed E-state index contributed by atoms with van der Waals surface area (Å²) in [5, 5.41) is 15.8. The molecule has 0 saturated carbocycles. The van der Waals surface area contributed by atoms with E-state index >= 15 is 0 Å². The Morgan fingerprint density at radius 2 is 1.20 bits per heavy atom. The van der Waals surface area contributed by atoms with Gasteiger partial charge in [0.05, 0.1) is 34.2 Å². The van der Waals surface area contributed by atoms with Crippen molar-refractivity contribution in [2.75, 3.05) is 0 Å². The zero-order valence-electron chi connectivity index (χ0n) is 34.2. The number of imidazole rings is 1. The predicted molar refractivity (Wildman–Crippen MR) is 244 cm³/mol. The fourth-order valence-corrected chi connectivity index (χ4v) is 8.36. The van der Waals surface area contributed by atoms with E-state index in [9.17, 15) is 5.11 Å². The van der Waals surface area contributed by atoms with Crippen molar-refractivity contribution in [2.24, 2.45) is 0 Å². The van der Waals surface area contributed by atoms with Crippen molar-refractivity contribution in [1.29, 1.82) is 0 Å². The fourth-order valence-electron chi connectivity index (χ4n) is 8.36. The lowest BCUT2D eigenvalue weighted by Crippen LogP contribution is -2.12. The quantitative estimate of drug-likeness (QED) is 0.189. The normalized spacial score (nSPS) is 12.3. The van der Waals surface area contributed by atoms with E-state index in [2.05, 4.69) is 174 Å². The van der Waals surface area contributed by atoms with Crippen molar-refractivity contribution in [3.8, 4) is 56.3 Å². The van der Waals surface area contributed by atoms with Gasteiger partial charge in [-0.25, -0.2) is 4.98 Å². The Balaban J connectivity index is 1.21. The van der Waals surface area contributed by atoms with Gasteiger partial charge in [-0.05, 0) is 105 Å². The molecule has 0 aliphatic heterocycles. The molecule has 0 saturated heterocycles. The second-order valence-electron chi connectivity index (χ2n) is 17.7. The summed E-state index contributed by atoms with van der Waals surface area (Å²) in [6.07, 6.45) is 1.86. The molecule has 0 amide bonds. The number of phenols is 1. The molecule has 0 atom stereocenters. The van der Waals surface area contributed by atoms with Crippen LogP contribution in [0, 0.1) is 0 Å². The molecule has 0 spiro atoms. The van der Waals surface area contributed by atoms with Gasteiger partial charge in [-0.3, -0.25) is 9.55 Å². The summed E-state index contributed by atoms with van der Waals surface area (Å²) in [5.41, 5.74) is 13.4. The zero-order valence-corrected chi connectivity index (χ0v) is 34.2. The first kappa shape index (κ1) is 36.4. The number of hydrogen-bond acceptors (Lipinski definition) is 4. The van der Waals surface area contributed by atoms with Gasteiger partial charge >= 0.3 is 0 Å². The second kappa shape index (κ2) is 13.6. The summed E-state index contributed by atoms with van der Waals surface area (Å²) in [7, 11) is 0. The molecule has 3 aromatic heterocycles. The summed E-state index contributed by atoms with van der Waals surface area (Å²) in [6.45, 7) is 13.5. The predicted octanol–water partition coefficient (Wildman–Crippen LogP) is 14.4. The molecule has 1 N–H and O–H groups in total. The number of nitrogens with zero attached hydrogens (tertiary/aromatic N) is 3. The lowest BCUT2D eigenvalue weighted by atomic mass is 9.83. The number of rotatable bonds is 5. The molecule has 10 aromatic rings. The highest BCUT2D eigenvalue weighted by atomic mass is 16.3. The van der Waals surface area contributed by atoms with Crippen LogP contribution in [0.1, 0.15) is 52.7 Å². The molecule has 5 heteroatoms. The van der Waals surface area contributed by atoms with Crippen LogP contribution in [0.25, 0.3) is 94.3 Å². The van der Waals surface area contributed by atoms with Crippen LogP contribution in [-0.4, -0.2) is 19.6 Å². The molecular weight excluding hydrogens is 723 g/mol. The van der Waals surface area contributed by atoms with Crippen molar-refractivity contribution in [2.45, 2.75) is 52.4 Å². The number of para-hydroxylation sites is 2. The molecular formula is C54H45N3O2. The Labute approximate surface area is 344 Å². The number of benzene rings is 7. The van der Waals surface area contributed by atoms with Gasteiger partial charge in [0.2, 0.25) is 0 Å². The minimum absolute atomic E-state index is 0.0545. The molecule has 59 heavy (non-hydrogen) atoms. The van der Waals surface area contributed by atoms with Crippen LogP contribution in [0.2, 0.25) is 0 Å². The van der Waals surface area contributed by atoms with Crippen LogP contribution in [0.4, 0.5) is 0 Å². The molecule has 0 aliphatic carbocycles. The number of phenolic OH excluding ortho intramolecular Hbond substituents is 1. The van der Waals surface area contributed by atoms with E-state index in [1.807, 2.05) is 24.4 Å². The summed E-state index contributed by atoms with van der Waals surface area (Å²) in [4.78, 5) is 10.5. The molecule has 288 valence electrons. The number of aromatic hydroxyl groups is 1. The van der Waals surface area contributed by atoms with Gasteiger partial charge < -0.3 is 9.52 Å². The van der Waals surface area contributed by atoms with Crippen LogP contribution in [0.5, 0.6) is 5.75 Å². The van der Waals surface area contributed by atoms with E-state index in [4.69, 9.17) is 14.4 Å². The highest BCUT2D eigenvalue weighted by Crippen LogP contribution is 2.43. The van der Waals surface area contributed by atoms with Gasteiger partial charge in [-0.15, -0.1) is 0 Å². The summed E-state index contributed by atoms with van der Waals surface area (Å²) in [6, 6.07) is 52.9. The highest BCUT2D eigenvalue weighted by Gasteiger charge is 2.25. The molecule has 0 bridgehead atoms. The number of aromatic nitrogens is 3. The van der Waals surface area contributed by atoms with Crippen LogP contribution in [0.15, 0.2) is 162 Å². The van der Waals surface area contributed by atoms with E-state index in [-0.39, 0.29) is 16.6 Å². The molecule has 5 nitrogen and oxygen atoms in total. The van der Waals surface area contributed by atoms with E-state index < -0.39 is 0 Å². The molecule has 0 unspecified atom stereocenters. The first-order chi connectivity index (χ1) is 28.4. The third-order valence-electron chi connectivity index (χ3n) is 11.6. The van der Waals surface area contributed by atoms with Crippen molar-refractivity contribution >= 4 is 43.7 Å². The van der Waals surface area contributed by atoms with Gasteiger partial charge in [-0.2, -0.15) is 0 Å². The van der Waals surface area contributed by atoms with Gasteiger partial charge in [0.1, 0.15) is 17.2 Å². The van der Waals surface area contributed by atoms with Crippen molar-refractivity contribution in [3.63, 3.8) is 0 Å². The smallest absolute Gasteiger partial charge is 0.153 e. The van der Waals surface area contributed by atoms with Crippen LogP contribution in [0.3, 0.4) is 0 Å². The monoisotopic (exact) mass is 767 g/mol. The molecule has 3 heterocycles. The van der Waals surface area contributed by atoms with Crippen LogP contribution < -0.4 is 0 Å². The Hall–Kier alpha value is -6.98. The highest BCUT2D eigenvalue weighted by molar-refractivity contribution is 6.10. The average molecular weight is 768 g/mol. The number of furan rings is 1. The summed E-state index contributed by atoms with van der Waals surface area (Å²) >= 11 is 0. The largest absolute Gasteiger partial charge is 0.507 e. The van der Waals surface area contributed by atoms with E-state index in [1.54, 1.807) is 6.07 Å². The average Bonchev–Trinajstić information content (AvgIpc) is 3.80. The minimum atomic E-state index is -0.149. The van der Waals surface area contributed by atoms with E-state index in [0.717, 1.165) is 77.6 Å². The summed E-state index contributed by atoms with van der Waals surface area (Å²) < 4.78 is 8.56. The number of pyridine rings is 1. The lowest BCUT2D eigenvalue weighted by molar-refractivity contribution is 0.477. The third-order valence-corrected chi connectivity index (χ3v) is 11.6. The maximum Gasteiger partial charge on any atom is 0.153 e. The van der Waals surface area contributed by atoms with Gasteiger partial charge in [-0.1, -0.05) is 133 Å². The molecule has 7 aromatic carbocycles.